The first kappa shape index (κ1) is 15.9. The average Bonchev–Trinajstić information content (AvgIpc) is 2.42. The highest BCUT2D eigenvalue weighted by atomic mass is 16.5. The predicted molar refractivity (Wildman–Crippen MR) is 71.0 cm³/mol. The zero-order chi connectivity index (χ0) is 14.1. The number of morpholine rings is 1. The number of hydrogen-bond donors (Lipinski definition) is 1. The number of carbonyl (C=O) groups excluding carboxylic acids is 1. The maximum atomic E-state index is 11.7. The Hall–Kier alpha value is -1.14. The van der Waals surface area contributed by atoms with Crippen molar-refractivity contribution in [2.24, 2.45) is 0 Å². The number of rotatable bonds is 8. The summed E-state index contributed by atoms with van der Waals surface area (Å²) in [5.74, 6) is -0.828. The summed E-state index contributed by atoms with van der Waals surface area (Å²) < 4.78 is 5.28. The highest BCUT2D eigenvalue weighted by Gasteiger charge is 2.14. The molecule has 0 saturated carbocycles. The molecule has 1 aliphatic rings. The maximum absolute atomic E-state index is 11.7. The predicted octanol–water partition coefficient (Wildman–Crippen LogP) is 0.422. The van der Waals surface area contributed by atoms with Crippen LogP contribution in [0.1, 0.15) is 26.2 Å². The summed E-state index contributed by atoms with van der Waals surface area (Å²) in [5.41, 5.74) is 0. The van der Waals surface area contributed by atoms with Gasteiger partial charge in [0.1, 0.15) is 0 Å². The Morgan fingerprint density at radius 2 is 1.95 bits per heavy atom. The summed E-state index contributed by atoms with van der Waals surface area (Å²) >= 11 is 0. The van der Waals surface area contributed by atoms with Crippen molar-refractivity contribution >= 4 is 11.9 Å². The van der Waals surface area contributed by atoms with Crippen molar-refractivity contribution in [3.63, 3.8) is 0 Å². The van der Waals surface area contributed by atoms with Gasteiger partial charge in [0.05, 0.1) is 19.6 Å². The second kappa shape index (κ2) is 8.87. The van der Waals surface area contributed by atoms with Gasteiger partial charge in [-0.05, 0) is 6.42 Å². The minimum Gasteiger partial charge on any atom is -0.481 e. The number of carbonyl (C=O) groups is 2. The Morgan fingerprint density at radius 1 is 1.26 bits per heavy atom. The first-order chi connectivity index (χ1) is 9.13. The molecule has 0 aromatic heterocycles. The topological polar surface area (TPSA) is 70.1 Å². The van der Waals surface area contributed by atoms with Crippen LogP contribution in [-0.4, -0.2) is 72.7 Å². The van der Waals surface area contributed by atoms with Crippen LogP contribution in [0, 0.1) is 0 Å². The van der Waals surface area contributed by atoms with Crippen molar-refractivity contribution in [3.05, 3.63) is 0 Å². The van der Waals surface area contributed by atoms with Crippen LogP contribution in [0.3, 0.4) is 0 Å². The van der Waals surface area contributed by atoms with Crippen molar-refractivity contribution < 1.29 is 19.4 Å². The summed E-state index contributed by atoms with van der Waals surface area (Å²) in [4.78, 5) is 26.3. The largest absolute Gasteiger partial charge is 0.481 e. The molecule has 0 aliphatic carbocycles. The van der Waals surface area contributed by atoms with Gasteiger partial charge in [0, 0.05) is 39.1 Å². The summed E-state index contributed by atoms with van der Waals surface area (Å²) in [6, 6.07) is 0. The second-order valence-electron chi connectivity index (χ2n) is 4.69. The monoisotopic (exact) mass is 272 g/mol. The van der Waals surface area contributed by atoms with E-state index in [1.807, 2.05) is 0 Å². The third-order valence-corrected chi connectivity index (χ3v) is 3.26. The van der Waals surface area contributed by atoms with Gasteiger partial charge in [0.25, 0.3) is 0 Å². The SMILES string of the molecule is CCC(=O)N(CCCN1CCOCC1)CCC(=O)O. The lowest BCUT2D eigenvalue weighted by Gasteiger charge is -2.28. The summed E-state index contributed by atoms with van der Waals surface area (Å²) in [5, 5.41) is 8.69. The van der Waals surface area contributed by atoms with Crippen molar-refractivity contribution in [3.8, 4) is 0 Å². The smallest absolute Gasteiger partial charge is 0.305 e. The summed E-state index contributed by atoms with van der Waals surface area (Å²) in [7, 11) is 0. The number of amides is 1. The molecule has 1 N–H and O–H groups in total. The quantitative estimate of drug-likeness (QED) is 0.693. The lowest BCUT2D eigenvalue weighted by atomic mass is 10.2. The van der Waals surface area contributed by atoms with Crippen molar-refractivity contribution in [1.82, 2.24) is 9.80 Å². The van der Waals surface area contributed by atoms with Crippen LogP contribution in [0.15, 0.2) is 0 Å². The van der Waals surface area contributed by atoms with E-state index in [4.69, 9.17) is 9.84 Å². The minimum absolute atomic E-state index is 0.0172. The molecule has 0 aromatic rings. The van der Waals surface area contributed by atoms with E-state index in [0.29, 0.717) is 19.5 Å². The maximum Gasteiger partial charge on any atom is 0.305 e. The first-order valence-corrected chi connectivity index (χ1v) is 6.93. The molecule has 0 radical (unpaired) electrons. The third kappa shape index (κ3) is 6.54. The standard InChI is InChI=1S/C13H24N2O4/c1-2-12(16)15(7-4-13(17)18)6-3-5-14-8-10-19-11-9-14/h2-11H2,1H3,(H,17,18). The molecule has 6 nitrogen and oxygen atoms in total. The molecule has 0 bridgehead atoms. The Kier molecular flexibility index (Phi) is 7.43. The molecular weight excluding hydrogens is 248 g/mol. The summed E-state index contributed by atoms with van der Waals surface area (Å²) in [6.45, 7) is 7.12. The molecule has 1 amide bonds. The molecule has 19 heavy (non-hydrogen) atoms. The molecule has 1 saturated heterocycles. The van der Waals surface area contributed by atoms with E-state index in [9.17, 15) is 9.59 Å². The lowest BCUT2D eigenvalue weighted by Crippen LogP contribution is -2.39. The van der Waals surface area contributed by atoms with Gasteiger partial charge in [-0.15, -0.1) is 0 Å². The summed E-state index contributed by atoms with van der Waals surface area (Å²) in [6.07, 6.45) is 1.33. The number of aliphatic carboxylic acids is 1. The zero-order valence-electron chi connectivity index (χ0n) is 11.6. The zero-order valence-corrected chi connectivity index (χ0v) is 11.6. The molecule has 1 heterocycles. The van der Waals surface area contributed by atoms with Gasteiger partial charge in [-0.3, -0.25) is 14.5 Å². The van der Waals surface area contributed by atoms with Crippen molar-refractivity contribution in [2.75, 3.05) is 45.9 Å². The van der Waals surface area contributed by atoms with E-state index in [1.165, 1.54) is 0 Å². The van der Waals surface area contributed by atoms with Gasteiger partial charge in [0.15, 0.2) is 0 Å². The molecule has 0 atom stereocenters. The molecule has 1 aliphatic heterocycles. The molecule has 1 fully saturated rings. The highest BCUT2D eigenvalue weighted by molar-refractivity contribution is 5.76. The first-order valence-electron chi connectivity index (χ1n) is 6.93. The Balaban J connectivity index is 2.26. The van der Waals surface area contributed by atoms with Gasteiger partial charge < -0.3 is 14.7 Å². The van der Waals surface area contributed by atoms with Crippen LogP contribution in [-0.2, 0) is 14.3 Å². The van der Waals surface area contributed by atoms with Crippen molar-refractivity contribution in [1.29, 1.82) is 0 Å². The third-order valence-electron chi connectivity index (χ3n) is 3.26. The number of nitrogens with zero attached hydrogens (tertiary/aromatic N) is 2. The van der Waals surface area contributed by atoms with Gasteiger partial charge >= 0.3 is 5.97 Å². The van der Waals surface area contributed by atoms with E-state index < -0.39 is 5.97 Å². The molecule has 6 heteroatoms. The Bertz CT molecular complexity index is 290. The molecule has 0 aromatic carbocycles. The van der Waals surface area contributed by atoms with Crippen LogP contribution in [0.4, 0.5) is 0 Å². The normalized spacial score (nSPS) is 16.3. The lowest BCUT2D eigenvalue weighted by molar-refractivity contribution is -0.138. The van der Waals surface area contributed by atoms with E-state index in [1.54, 1.807) is 11.8 Å². The van der Waals surface area contributed by atoms with Gasteiger partial charge in [-0.2, -0.15) is 0 Å². The minimum atomic E-state index is -0.859. The fourth-order valence-electron chi connectivity index (χ4n) is 2.13. The average molecular weight is 272 g/mol. The fourth-order valence-corrected chi connectivity index (χ4v) is 2.13. The molecule has 0 unspecified atom stereocenters. The van der Waals surface area contributed by atoms with Crippen LogP contribution in [0.2, 0.25) is 0 Å². The molecule has 0 spiro atoms. The van der Waals surface area contributed by atoms with E-state index in [2.05, 4.69) is 4.90 Å². The van der Waals surface area contributed by atoms with Gasteiger partial charge in [-0.25, -0.2) is 0 Å². The van der Waals surface area contributed by atoms with Crippen LogP contribution >= 0.6 is 0 Å². The molecule has 110 valence electrons. The second-order valence-corrected chi connectivity index (χ2v) is 4.69. The number of hydrogen-bond acceptors (Lipinski definition) is 4. The Morgan fingerprint density at radius 3 is 2.53 bits per heavy atom. The van der Waals surface area contributed by atoms with Crippen molar-refractivity contribution in [2.45, 2.75) is 26.2 Å². The molecule has 1 rings (SSSR count). The number of carboxylic acid groups (broad SMARTS) is 1. The number of ether oxygens (including phenoxy) is 1. The van der Waals surface area contributed by atoms with Crippen LogP contribution < -0.4 is 0 Å². The van der Waals surface area contributed by atoms with Crippen LogP contribution in [0.5, 0.6) is 0 Å². The molecular formula is C13H24N2O4. The highest BCUT2D eigenvalue weighted by Crippen LogP contribution is 2.02. The van der Waals surface area contributed by atoms with E-state index in [0.717, 1.165) is 39.3 Å². The van der Waals surface area contributed by atoms with Gasteiger partial charge in [0.2, 0.25) is 5.91 Å². The fraction of sp³-hybridized carbons (Fsp3) is 0.846. The van der Waals surface area contributed by atoms with Gasteiger partial charge in [-0.1, -0.05) is 6.92 Å². The van der Waals surface area contributed by atoms with E-state index >= 15 is 0 Å². The van der Waals surface area contributed by atoms with Crippen LogP contribution in [0.25, 0.3) is 0 Å². The Labute approximate surface area is 114 Å². The van der Waals surface area contributed by atoms with E-state index in [-0.39, 0.29) is 12.3 Å². The number of carboxylic acids is 1.